The number of piperazine rings is 1. The van der Waals surface area contributed by atoms with Crippen LogP contribution in [0.4, 0.5) is 9.59 Å². The highest BCUT2D eigenvalue weighted by Gasteiger charge is 2.24. The Kier molecular flexibility index (Phi) is 6.73. The van der Waals surface area contributed by atoms with Gasteiger partial charge in [-0.2, -0.15) is 0 Å². The highest BCUT2D eigenvalue weighted by molar-refractivity contribution is 7.03. The number of benzene rings is 2. The number of urea groups is 1. The molecule has 1 aliphatic rings. The molecule has 0 radical (unpaired) electrons. The molecule has 160 valence electrons. The third-order valence-electron chi connectivity index (χ3n) is 5.08. The molecular formula is C22H23N5O3S. The van der Waals surface area contributed by atoms with E-state index in [1.807, 2.05) is 60.0 Å². The number of nitrogens with one attached hydrogen (secondary N) is 1. The Morgan fingerprint density at radius 1 is 0.935 bits per heavy atom. The fraction of sp³-hybridized carbons (Fsp3) is 0.273. The number of carbonyl (C=O) groups excluding carboxylic acids is 2. The number of ether oxygens (including phenoxy) is 1. The SMILES string of the molecule is O=C(NCc1ccc(-c2csnn2)cc1)N1CCN(C(=O)OCc2ccccc2)CC1. The lowest BCUT2D eigenvalue weighted by atomic mass is 10.1. The molecule has 1 fully saturated rings. The van der Waals surface area contributed by atoms with Gasteiger partial charge in [0.2, 0.25) is 0 Å². The average Bonchev–Trinajstić information content (AvgIpc) is 3.37. The van der Waals surface area contributed by atoms with Crippen LogP contribution in [0.2, 0.25) is 0 Å². The molecule has 0 bridgehead atoms. The van der Waals surface area contributed by atoms with Crippen LogP contribution in [-0.4, -0.2) is 57.7 Å². The summed E-state index contributed by atoms with van der Waals surface area (Å²) in [6, 6.07) is 17.3. The van der Waals surface area contributed by atoms with Crippen LogP contribution in [-0.2, 0) is 17.9 Å². The lowest BCUT2D eigenvalue weighted by Crippen LogP contribution is -2.53. The normalized spacial score (nSPS) is 13.7. The zero-order valence-electron chi connectivity index (χ0n) is 16.9. The molecule has 8 nitrogen and oxygen atoms in total. The van der Waals surface area contributed by atoms with Crippen LogP contribution in [0.3, 0.4) is 0 Å². The summed E-state index contributed by atoms with van der Waals surface area (Å²) in [7, 11) is 0. The fourth-order valence-electron chi connectivity index (χ4n) is 3.28. The highest BCUT2D eigenvalue weighted by atomic mass is 32.1. The Morgan fingerprint density at radius 3 is 2.32 bits per heavy atom. The topological polar surface area (TPSA) is 87.7 Å². The quantitative estimate of drug-likeness (QED) is 0.661. The molecule has 1 aromatic heterocycles. The molecular weight excluding hydrogens is 414 g/mol. The molecule has 1 aliphatic heterocycles. The number of hydrogen-bond acceptors (Lipinski definition) is 6. The van der Waals surface area contributed by atoms with Gasteiger partial charge in [0, 0.05) is 43.7 Å². The number of hydrogen-bond donors (Lipinski definition) is 1. The predicted molar refractivity (Wildman–Crippen MR) is 117 cm³/mol. The van der Waals surface area contributed by atoms with Gasteiger partial charge in [0.25, 0.3) is 0 Å². The molecule has 0 spiro atoms. The maximum absolute atomic E-state index is 12.5. The second-order valence-electron chi connectivity index (χ2n) is 7.16. The van der Waals surface area contributed by atoms with Crippen molar-refractivity contribution in [3.05, 3.63) is 71.1 Å². The summed E-state index contributed by atoms with van der Waals surface area (Å²) in [5.41, 5.74) is 3.80. The molecule has 2 heterocycles. The van der Waals surface area contributed by atoms with Crippen molar-refractivity contribution in [3.63, 3.8) is 0 Å². The first-order valence-electron chi connectivity index (χ1n) is 10.0. The Morgan fingerprint density at radius 2 is 1.65 bits per heavy atom. The van der Waals surface area contributed by atoms with Crippen molar-refractivity contribution in [2.75, 3.05) is 26.2 Å². The van der Waals surface area contributed by atoms with Crippen LogP contribution in [0.5, 0.6) is 0 Å². The third-order valence-corrected chi connectivity index (χ3v) is 5.59. The summed E-state index contributed by atoms with van der Waals surface area (Å²) >= 11 is 1.32. The largest absolute Gasteiger partial charge is 0.445 e. The number of aromatic nitrogens is 2. The van der Waals surface area contributed by atoms with Gasteiger partial charge in [0.05, 0.1) is 0 Å². The molecule has 31 heavy (non-hydrogen) atoms. The molecule has 0 aliphatic carbocycles. The summed E-state index contributed by atoms with van der Waals surface area (Å²) in [5.74, 6) is 0. The van der Waals surface area contributed by atoms with Gasteiger partial charge < -0.3 is 19.9 Å². The Labute approximate surface area is 184 Å². The number of nitrogens with zero attached hydrogens (tertiary/aromatic N) is 4. The van der Waals surface area contributed by atoms with E-state index in [0.29, 0.717) is 32.7 Å². The molecule has 0 unspecified atom stereocenters. The Hall–Kier alpha value is -3.46. The minimum Gasteiger partial charge on any atom is -0.445 e. The molecule has 1 N–H and O–H groups in total. The standard InChI is InChI=1S/C22H23N5O3S/c28-21(23-14-17-6-8-19(9-7-17)20-16-31-25-24-20)26-10-12-27(13-11-26)22(29)30-15-18-4-2-1-3-5-18/h1-9,16H,10-15H2,(H,23,28). The highest BCUT2D eigenvalue weighted by Crippen LogP contribution is 2.18. The minimum absolute atomic E-state index is 0.134. The molecule has 0 atom stereocenters. The van der Waals surface area contributed by atoms with E-state index < -0.39 is 0 Å². The van der Waals surface area contributed by atoms with Gasteiger partial charge in [0.1, 0.15) is 12.3 Å². The van der Waals surface area contributed by atoms with E-state index >= 15 is 0 Å². The van der Waals surface area contributed by atoms with Crippen molar-refractivity contribution in [1.82, 2.24) is 24.7 Å². The van der Waals surface area contributed by atoms with E-state index in [1.165, 1.54) is 11.5 Å². The van der Waals surface area contributed by atoms with Gasteiger partial charge >= 0.3 is 12.1 Å². The summed E-state index contributed by atoms with van der Waals surface area (Å²) in [6.45, 7) is 2.55. The third kappa shape index (κ3) is 5.58. The van der Waals surface area contributed by atoms with Gasteiger partial charge in [-0.25, -0.2) is 9.59 Å². The minimum atomic E-state index is -0.348. The van der Waals surface area contributed by atoms with E-state index in [9.17, 15) is 9.59 Å². The van der Waals surface area contributed by atoms with Crippen molar-refractivity contribution in [1.29, 1.82) is 0 Å². The van der Waals surface area contributed by atoms with Crippen LogP contribution in [0.1, 0.15) is 11.1 Å². The maximum atomic E-state index is 12.5. The average molecular weight is 438 g/mol. The first-order valence-corrected chi connectivity index (χ1v) is 10.9. The summed E-state index contributed by atoms with van der Waals surface area (Å²) in [5, 5.41) is 8.89. The van der Waals surface area contributed by atoms with E-state index in [4.69, 9.17) is 4.74 Å². The summed E-state index contributed by atoms with van der Waals surface area (Å²) < 4.78 is 9.23. The predicted octanol–water partition coefficient (Wildman–Crippen LogP) is 3.37. The van der Waals surface area contributed by atoms with E-state index in [2.05, 4.69) is 14.9 Å². The van der Waals surface area contributed by atoms with Gasteiger partial charge in [-0.15, -0.1) is 5.10 Å². The lowest BCUT2D eigenvalue weighted by molar-refractivity contribution is 0.0768. The van der Waals surface area contributed by atoms with Crippen LogP contribution in [0.15, 0.2) is 60.0 Å². The molecule has 9 heteroatoms. The maximum Gasteiger partial charge on any atom is 0.410 e. The second kappa shape index (κ2) is 10.0. The smallest absolute Gasteiger partial charge is 0.410 e. The fourth-order valence-corrected chi connectivity index (χ4v) is 3.74. The Balaban J connectivity index is 1.19. The molecule has 4 rings (SSSR count). The molecule has 0 saturated carbocycles. The monoisotopic (exact) mass is 437 g/mol. The second-order valence-corrected chi connectivity index (χ2v) is 7.77. The molecule has 3 amide bonds. The van der Waals surface area contributed by atoms with E-state index in [1.54, 1.807) is 9.80 Å². The van der Waals surface area contributed by atoms with Crippen molar-refractivity contribution >= 4 is 23.7 Å². The first kappa shape index (κ1) is 20.8. The summed E-state index contributed by atoms with van der Waals surface area (Å²) in [6.07, 6.45) is -0.348. The van der Waals surface area contributed by atoms with Gasteiger partial charge in [0.15, 0.2) is 0 Å². The number of rotatable bonds is 5. The summed E-state index contributed by atoms with van der Waals surface area (Å²) in [4.78, 5) is 28.1. The van der Waals surface area contributed by atoms with Crippen molar-refractivity contribution < 1.29 is 14.3 Å². The number of carbonyl (C=O) groups is 2. The Bertz CT molecular complexity index is 988. The van der Waals surface area contributed by atoms with Gasteiger partial charge in [-0.3, -0.25) is 0 Å². The lowest BCUT2D eigenvalue weighted by Gasteiger charge is -2.34. The van der Waals surface area contributed by atoms with Crippen molar-refractivity contribution in [2.45, 2.75) is 13.2 Å². The van der Waals surface area contributed by atoms with Gasteiger partial charge in [-0.05, 0) is 22.7 Å². The van der Waals surface area contributed by atoms with Crippen LogP contribution in [0, 0.1) is 0 Å². The van der Waals surface area contributed by atoms with Gasteiger partial charge in [-0.1, -0.05) is 59.1 Å². The van der Waals surface area contributed by atoms with Crippen LogP contribution >= 0.6 is 11.5 Å². The van der Waals surface area contributed by atoms with E-state index in [-0.39, 0.29) is 18.7 Å². The first-order chi connectivity index (χ1) is 15.2. The van der Waals surface area contributed by atoms with Crippen molar-refractivity contribution in [3.8, 4) is 11.3 Å². The van der Waals surface area contributed by atoms with Crippen LogP contribution < -0.4 is 5.32 Å². The van der Waals surface area contributed by atoms with E-state index in [0.717, 1.165) is 22.4 Å². The molecule has 1 saturated heterocycles. The molecule has 3 aromatic rings. The van der Waals surface area contributed by atoms with Crippen LogP contribution in [0.25, 0.3) is 11.3 Å². The zero-order valence-corrected chi connectivity index (χ0v) is 17.8. The van der Waals surface area contributed by atoms with Crippen molar-refractivity contribution in [2.24, 2.45) is 0 Å². The zero-order chi connectivity index (χ0) is 21.5. The molecule has 2 aromatic carbocycles. The number of amides is 3.